The molecule has 0 radical (unpaired) electrons. The number of nitrogens with zero attached hydrogens (tertiary/aromatic N) is 3. The molecule has 4 atom stereocenters. The monoisotopic (exact) mass is 292 g/mol. The van der Waals surface area contributed by atoms with Crippen LogP contribution < -0.4 is 5.32 Å². The summed E-state index contributed by atoms with van der Waals surface area (Å²) in [6, 6.07) is -0.285. The molecule has 0 aromatic carbocycles. The third kappa shape index (κ3) is 2.31. The molecule has 7 heteroatoms. The van der Waals surface area contributed by atoms with Gasteiger partial charge in [-0.25, -0.2) is 4.98 Å². The standard InChI is InChI=1S/C14H20N4O3/c1-8(12-11(9(2)19)13(20)16-12)14(21)18-6-5-17-4-3-15-10(17)7-18/h3-4,8-9,11-12,19H,5-7H2,1-2H3,(H,16,20)/t8-,9-,11-,12-/m1/s1. The summed E-state index contributed by atoms with van der Waals surface area (Å²) in [7, 11) is 0. The first-order valence-corrected chi connectivity index (χ1v) is 7.26. The Balaban J connectivity index is 1.67. The number of fused-ring (bicyclic) bond motifs is 1. The Bertz CT molecular complexity index is 568. The molecular formula is C14H20N4O3. The largest absolute Gasteiger partial charge is 0.393 e. The summed E-state index contributed by atoms with van der Waals surface area (Å²) in [5, 5.41) is 12.4. The van der Waals surface area contributed by atoms with Gasteiger partial charge in [0.05, 0.1) is 30.5 Å². The number of hydrogen-bond acceptors (Lipinski definition) is 4. The number of aromatic nitrogens is 2. The topological polar surface area (TPSA) is 87.5 Å². The molecule has 1 aromatic heterocycles. The lowest BCUT2D eigenvalue weighted by molar-refractivity contribution is -0.149. The molecule has 2 N–H and O–H groups in total. The van der Waals surface area contributed by atoms with Crippen molar-refractivity contribution >= 4 is 11.8 Å². The molecule has 0 spiro atoms. The number of imidazole rings is 1. The molecule has 3 rings (SSSR count). The second-order valence-corrected chi connectivity index (χ2v) is 5.89. The molecule has 3 heterocycles. The van der Waals surface area contributed by atoms with Gasteiger partial charge in [-0.15, -0.1) is 0 Å². The number of aliphatic hydroxyl groups excluding tert-OH is 1. The quantitative estimate of drug-likeness (QED) is 0.725. The summed E-state index contributed by atoms with van der Waals surface area (Å²) >= 11 is 0. The Labute approximate surface area is 122 Å². The van der Waals surface area contributed by atoms with E-state index in [1.807, 2.05) is 17.7 Å². The van der Waals surface area contributed by atoms with Crippen molar-refractivity contribution in [3.63, 3.8) is 0 Å². The van der Waals surface area contributed by atoms with E-state index in [-0.39, 0.29) is 23.8 Å². The van der Waals surface area contributed by atoms with Crippen molar-refractivity contribution in [3.05, 3.63) is 18.2 Å². The molecule has 0 saturated carbocycles. The highest BCUT2D eigenvalue weighted by Gasteiger charge is 2.48. The number of β-lactam (4-membered cyclic amide) rings is 1. The summed E-state index contributed by atoms with van der Waals surface area (Å²) in [6.07, 6.45) is 2.91. The third-order valence-corrected chi connectivity index (χ3v) is 4.50. The van der Waals surface area contributed by atoms with Crippen LogP contribution in [0.2, 0.25) is 0 Å². The highest BCUT2D eigenvalue weighted by Crippen LogP contribution is 2.27. The average Bonchev–Trinajstić information content (AvgIpc) is 2.89. The molecule has 0 unspecified atom stereocenters. The van der Waals surface area contributed by atoms with Gasteiger partial charge in [-0.1, -0.05) is 6.92 Å². The molecule has 2 amide bonds. The van der Waals surface area contributed by atoms with Gasteiger partial charge in [0.15, 0.2) is 0 Å². The van der Waals surface area contributed by atoms with Crippen LogP contribution in [0.25, 0.3) is 0 Å². The zero-order valence-electron chi connectivity index (χ0n) is 12.2. The number of hydrogen-bond donors (Lipinski definition) is 2. The van der Waals surface area contributed by atoms with E-state index in [4.69, 9.17) is 0 Å². The fraction of sp³-hybridized carbons (Fsp3) is 0.643. The van der Waals surface area contributed by atoms with Crippen LogP contribution >= 0.6 is 0 Å². The van der Waals surface area contributed by atoms with Crippen LogP contribution in [-0.2, 0) is 22.7 Å². The van der Waals surface area contributed by atoms with E-state index >= 15 is 0 Å². The summed E-state index contributed by atoms with van der Waals surface area (Å²) < 4.78 is 2.04. The average molecular weight is 292 g/mol. The summed E-state index contributed by atoms with van der Waals surface area (Å²) in [5.74, 6) is -0.130. The highest BCUT2D eigenvalue weighted by atomic mass is 16.3. The van der Waals surface area contributed by atoms with Gasteiger partial charge in [0.2, 0.25) is 11.8 Å². The van der Waals surface area contributed by atoms with E-state index in [0.29, 0.717) is 13.1 Å². The molecule has 114 valence electrons. The molecular weight excluding hydrogens is 272 g/mol. The summed E-state index contributed by atoms with van der Waals surface area (Å²) in [6.45, 7) is 5.28. The van der Waals surface area contributed by atoms with Gasteiger partial charge < -0.3 is 19.9 Å². The lowest BCUT2D eigenvalue weighted by Crippen LogP contribution is -2.66. The van der Waals surface area contributed by atoms with Crippen LogP contribution in [0.5, 0.6) is 0 Å². The van der Waals surface area contributed by atoms with Crippen molar-refractivity contribution in [1.82, 2.24) is 19.8 Å². The molecule has 0 bridgehead atoms. The van der Waals surface area contributed by atoms with Gasteiger partial charge in [0.25, 0.3) is 0 Å². The first-order valence-electron chi connectivity index (χ1n) is 7.26. The second-order valence-electron chi connectivity index (χ2n) is 5.89. The normalized spacial score (nSPS) is 27.4. The van der Waals surface area contributed by atoms with Crippen LogP contribution in [0.3, 0.4) is 0 Å². The van der Waals surface area contributed by atoms with Crippen LogP contribution in [0.1, 0.15) is 19.7 Å². The third-order valence-electron chi connectivity index (χ3n) is 4.50. The fourth-order valence-corrected chi connectivity index (χ4v) is 3.18. The van der Waals surface area contributed by atoms with Crippen LogP contribution in [0.15, 0.2) is 12.4 Å². The number of carbonyl (C=O) groups excluding carboxylic acids is 2. The minimum atomic E-state index is -0.737. The van der Waals surface area contributed by atoms with Crippen molar-refractivity contribution < 1.29 is 14.7 Å². The Kier molecular flexibility index (Phi) is 3.44. The second kappa shape index (κ2) is 5.14. The molecule has 1 saturated heterocycles. The van der Waals surface area contributed by atoms with Crippen LogP contribution in [0, 0.1) is 11.8 Å². The van der Waals surface area contributed by atoms with Crippen molar-refractivity contribution in [2.75, 3.05) is 6.54 Å². The number of nitrogens with one attached hydrogen (secondary N) is 1. The summed E-state index contributed by atoms with van der Waals surface area (Å²) in [5.41, 5.74) is 0. The Morgan fingerprint density at radius 1 is 1.48 bits per heavy atom. The SMILES string of the molecule is C[C@@H](O)[C@H]1C(=O)N[C@@H]1[C@@H](C)C(=O)N1CCn2ccnc2C1. The van der Waals surface area contributed by atoms with Crippen molar-refractivity contribution in [3.8, 4) is 0 Å². The summed E-state index contributed by atoms with van der Waals surface area (Å²) in [4.78, 5) is 30.1. The molecule has 1 aromatic rings. The van der Waals surface area contributed by atoms with Crippen molar-refractivity contribution in [1.29, 1.82) is 0 Å². The van der Waals surface area contributed by atoms with Gasteiger partial charge in [0.1, 0.15) is 5.82 Å². The Hall–Kier alpha value is -1.89. The Morgan fingerprint density at radius 3 is 2.90 bits per heavy atom. The zero-order valence-corrected chi connectivity index (χ0v) is 12.2. The lowest BCUT2D eigenvalue weighted by atomic mass is 9.78. The number of rotatable bonds is 3. The Morgan fingerprint density at radius 2 is 2.24 bits per heavy atom. The van der Waals surface area contributed by atoms with E-state index < -0.39 is 12.0 Å². The molecule has 1 fully saturated rings. The van der Waals surface area contributed by atoms with Crippen LogP contribution in [0.4, 0.5) is 0 Å². The molecule has 2 aliphatic heterocycles. The van der Waals surface area contributed by atoms with Crippen LogP contribution in [-0.4, -0.2) is 50.1 Å². The van der Waals surface area contributed by atoms with Gasteiger partial charge in [-0.3, -0.25) is 9.59 Å². The van der Waals surface area contributed by atoms with Gasteiger partial charge in [-0.05, 0) is 6.92 Å². The van der Waals surface area contributed by atoms with E-state index in [2.05, 4.69) is 10.3 Å². The van der Waals surface area contributed by atoms with Gasteiger partial charge in [-0.2, -0.15) is 0 Å². The predicted molar refractivity (Wildman–Crippen MR) is 73.9 cm³/mol. The highest BCUT2D eigenvalue weighted by molar-refractivity contribution is 5.90. The van der Waals surface area contributed by atoms with Gasteiger partial charge >= 0.3 is 0 Å². The molecule has 21 heavy (non-hydrogen) atoms. The smallest absolute Gasteiger partial charge is 0.228 e. The van der Waals surface area contributed by atoms with Crippen molar-refractivity contribution in [2.45, 2.75) is 39.1 Å². The maximum atomic E-state index is 12.6. The number of carbonyl (C=O) groups is 2. The van der Waals surface area contributed by atoms with Gasteiger partial charge in [0, 0.05) is 25.5 Å². The van der Waals surface area contributed by atoms with E-state index in [1.54, 1.807) is 18.0 Å². The number of aliphatic hydroxyl groups is 1. The first-order chi connectivity index (χ1) is 9.99. The maximum absolute atomic E-state index is 12.6. The lowest BCUT2D eigenvalue weighted by Gasteiger charge is -2.43. The zero-order chi connectivity index (χ0) is 15.1. The van der Waals surface area contributed by atoms with E-state index in [1.165, 1.54) is 0 Å². The molecule has 2 aliphatic rings. The number of amides is 2. The fourth-order valence-electron chi connectivity index (χ4n) is 3.18. The maximum Gasteiger partial charge on any atom is 0.228 e. The molecule has 7 nitrogen and oxygen atoms in total. The van der Waals surface area contributed by atoms with E-state index in [0.717, 1.165) is 12.4 Å². The molecule has 0 aliphatic carbocycles. The minimum Gasteiger partial charge on any atom is -0.393 e. The minimum absolute atomic E-state index is 0.0000926. The first kappa shape index (κ1) is 14.1. The van der Waals surface area contributed by atoms with E-state index in [9.17, 15) is 14.7 Å². The predicted octanol–water partition coefficient (Wildman–Crippen LogP) is -0.643. The van der Waals surface area contributed by atoms with Crippen molar-refractivity contribution in [2.24, 2.45) is 11.8 Å².